The van der Waals surface area contributed by atoms with E-state index in [1.165, 1.54) is 5.56 Å². The number of hydrogen-bond acceptors (Lipinski definition) is 3. The summed E-state index contributed by atoms with van der Waals surface area (Å²) in [7, 11) is 2.09. The van der Waals surface area contributed by atoms with Crippen LogP contribution in [0.15, 0.2) is 54.6 Å². The zero-order valence-corrected chi connectivity index (χ0v) is 13.2. The Kier molecular flexibility index (Phi) is 5.55. The third kappa shape index (κ3) is 4.90. The van der Waals surface area contributed by atoms with Crippen molar-refractivity contribution in [2.45, 2.75) is 26.4 Å². The van der Waals surface area contributed by atoms with Crippen LogP contribution in [-0.2, 0) is 6.54 Å². The van der Waals surface area contributed by atoms with Gasteiger partial charge in [0.1, 0.15) is 5.75 Å². The second-order valence-electron chi connectivity index (χ2n) is 5.53. The molecule has 2 aromatic rings. The first-order valence-corrected chi connectivity index (χ1v) is 7.37. The molecule has 1 amide bonds. The molecule has 4 nitrogen and oxygen atoms in total. The topological polar surface area (TPSA) is 41.6 Å². The predicted octanol–water partition coefficient (Wildman–Crippen LogP) is 4.14. The molecule has 2 rings (SSSR count). The van der Waals surface area contributed by atoms with Crippen molar-refractivity contribution in [1.82, 2.24) is 4.90 Å². The van der Waals surface area contributed by atoms with E-state index in [-0.39, 0.29) is 0 Å². The summed E-state index contributed by atoms with van der Waals surface area (Å²) in [4.78, 5) is 14.0. The SMILES string of the molecule is CC(C)N(C)Cc1ccc(OC(=O)Nc2ccccc2)cc1. The molecule has 0 bridgehead atoms. The summed E-state index contributed by atoms with van der Waals surface area (Å²) in [6.07, 6.45) is -0.488. The van der Waals surface area contributed by atoms with Crippen molar-refractivity contribution in [3.05, 3.63) is 60.2 Å². The van der Waals surface area contributed by atoms with E-state index in [0.717, 1.165) is 6.54 Å². The molecule has 0 radical (unpaired) electrons. The molecule has 22 heavy (non-hydrogen) atoms. The van der Waals surface area contributed by atoms with E-state index in [2.05, 4.69) is 31.1 Å². The Morgan fingerprint density at radius 2 is 1.73 bits per heavy atom. The predicted molar refractivity (Wildman–Crippen MR) is 89.1 cm³/mol. The second kappa shape index (κ2) is 7.61. The van der Waals surface area contributed by atoms with Gasteiger partial charge in [0.15, 0.2) is 0 Å². The number of carbonyl (C=O) groups is 1. The van der Waals surface area contributed by atoms with Crippen molar-refractivity contribution in [3.63, 3.8) is 0 Å². The van der Waals surface area contributed by atoms with E-state index in [4.69, 9.17) is 4.74 Å². The summed E-state index contributed by atoms with van der Waals surface area (Å²) in [5.41, 5.74) is 1.90. The van der Waals surface area contributed by atoms with E-state index < -0.39 is 6.09 Å². The Morgan fingerprint density at radius 3 is 2.32 bits per heavy atom. The minimum absolute atomic E-state index is 0.488. The maximum atomic E-state index is 11.8. The Hall–Kier alpha value is -2.33. The molecule has 0 spiro atoms. The van der Waals surface area contributed by atoms with E-state index in [1.807, 2.05) is 54.6 Å². The highest BCUT2D eigenvalue weighted by molar-refractivity contribution is 5.86. The van der Waals surface area contributed by atoms with Gasteiger partial charge in [-0.15, -0.1) is 0 Å². The van der Waals surface area contributed by atoms with Crippen LogP contribution in [0, 0.1) is 0 Å². The maximum Gasteiger partial charge on any atom is 0.417 e. The van der Waals surface area contributed by atoms with Crippen LogP contribution in [0.1, 0.15) is 19.4 Å². The lowest BCUT2D eigenvalue weighted by Gasteiger charge is -2.20. The third-order valence-electron chi connectivity index (χ3n) is 3.47. The molecule has 0 saturated carbocycles. The van der Waals surface area contributed by atoms with E-state index in [0.29, 0.717) is 17.5 Å². The van der Waals surface area contributed by atoms with Crippen LogP contribution in [0.5, 0.6) is 5.75 Å². The molecule has 0 aliphatic carbocycles. The van der Waals surface area contributed by atoms with Crippen LogP contribution in [-0.4, -0.2) is 24.1 Å². The van der Waals surface area contributed by atoms with Gasteiger partial charge in [-0.05, 0) is 50.7 Å². The molecule has 4 heteroatoms. The Morgan fingerprint density at radius 1 is 1.09 bits per heavy atom. The smallest absolute Gasteiger partial charge is 0.410 e. The number of nitrogens with one attached hydrogen (secondary N) is 1. The summed E-state index contributed by atoms with van der Waals surface area (Å²) >= 11 is 0. The number of hydrogen-bond donors (Lipinski definition) is 1. The summed E-state index contributed by atoms with van der Waals surface area (Å²) in [5, 5.41) is 2.68. The van der Waals surface area contributed by atoms with E-state index in [9.17, 15) is 4.79 Å². The highest BCUT2D eigenvalue weighted by atomic mass is 16.6. The highest BCUT2D eigenvalue weighted by Gasteiger charge is 2.07. The first kappa shape index (κ1) is 16.0. The van der Waals surface area contributed by atoms with Gasteiger partial charge >= 0.3 is 6.09 Å². The quantitative estimate of drug-likeness (QED) is 0.902. The number of nitrogens with zero attached hydrogens (tertiary/aromatic N) is 1. The Labute approximate surface area is 131 Å². The Balaban J connectivity index is 1.89. The fourth-order valence-electron chi connectivity index (χ4n) is 1.91. The maximum absolute atomic E-state index is 11.8. The fourth-order valence-corrected chi connectivity index (χ4v) is 1.91. The van der Waals surface area contributed by atoms with Gasteiger partial charge in [0.05, 0.1) is 0 Å². The summed E-state index contributed by atoms with van der Waals surface area (Å²) < 4.78 is 5.26. The molecule has 0 aliphatic rings. The van der Waals surface area contributed by atoms with Gasteiger partial charge in [0.25, 0.3) is 0 Å². The van der Waals surface area contributed by atoms with Gasteiger partial charge in [-0.25, -0.2) is 4.79 Å². The molecule has 0 aromatic heterocycles. The largest absolute Gasteiger partial charge is 0.417 e. The van der Waals surface area contributed by atoms with Crippen LogP contribution in [0.25, 0.3) is 0 Å². The molecule has 0 atom stereocenters. The molecule has 0 heterocycles. The van der Waals surface area contributed by atoms with Crippen LogP contribution in [0.3, 0.4) is 0 Å². The number of amides is 1. The van der Waals surface area contributed by atoms with Crippen LogP contribution >= 0.6 is 0 Å². The van der Waals surface area contributed by atoms with Crippen LogP contribution in [0.2, 0.25) is 0 Å². The van der Waals surface area contributed by atoms with Crippen LogP contribution in [0.4, 0.5) is 10.5 Å². The van der Waals surface area contributed by atoms with Crippen molar-refractivity contribution in [2.24, 2.45) is 0 Å². The number of benzene rings is 2. The molecule has 2 aromatic carbocycles. The molecular weight excluding hydrogens is 276 g/mol. The molecular formula is C18H22N2O2. The van der Waals surface area contributed by atoms with Gasteiger partial charge in [0, 0.05) is 18.3 Å². The van der Waals surface area contributed by atoms with Crippen molar-refractivity contribution in [3.8, 4) is 5.75 Å². The minimum atomic E-state index is -0.488. The zero-order valence-electron chi connectivity index (χ0n) is 13.2. The van der Waals surface area contributed by atoms with Crippen LogP contribution < -0.4 is 10.1 Å². The number of ether oxygens (including phenoxy) is 1. The monoisotopic (exact) mass is 298 g/mol. The number of para-hydroxylation sites is 1. The van der Waals surface area contributed by atoms with Crippen molar-refractivity contribution in [2.75, 3.05) is 12.4 Å². The number of rotatable bonds is 5. The average molecular weight is 298 g/mol. The van der Waals surface area contributed by atoms with E-state index >= 15 is 0 Å². The third-order valence-corrected chi connectivity index (χ3v) is 3.47. The van der Waals surface area contributed by atoms with Gasteiger partial charge in [-0.3, -0.25) is 10.2 Å². The molecule has 116 valence electrons. The summed E-state index contributed by atoms with van der Waals surface area (Å²) in [6.45, 7) is 5.19. The molecule has 0 saturated heterocycles. The van der Waals surface area contributed by atoms with Crippen molar-refractivity contribution in [1.29, 1.82) is 0 Å². The van der Waals surface area contributed by atoms with Crippen molar-refractivity contribution < 1.29 is 9.53 Å². The zero-order chi connectivity index (χ0) is 15.9. The molecule has 0 fully saturated rings. The lowest BCUT2D eigenvalue weighted by Crippen LogP contribution is -2.25. The summed E-state index contributed by atoms with van der Waals surface area (Å²) in [5.74, 6) is 0.532. The lowest BCUT2D eigenvalue weighted by molar-refractivity contribution is 0.215. The molecule has 0 unspecified atom stereocenters. The fraction of sp³-hybridized carbons (Fsp3) is 0.278. The van der Waals surface area contributed by atoms with Gasteiger partial charge in [-0.1, -0.05) is 30.3 Å². The first-order chi connectivity index (χ1) is 10.5. The number of anilines is 1. The lowest BCUT2D eigenvalue weighted by atomic mass is 10.2. The first-order valence-electron chi connectivity index (χ1n) is 7.37. The van der Waals surface area contributed by atoms with Gasteiger partial charge < -0.3 is 4.74 Å². The average Bonchev–Trinajstić information content (AvgIpc) is 2.50. The molecule has 1 N–H and O–H groups in total. The normalized spacial score (nSPS) is 10.8. The number of carbonyl (C=O) groups excluding carboxylic acids is 1. The van der Waals surface area contributed by atoms with Gasteiger partial charge in [-0.2, -0.15) is 0 Å². The highest BCUT2D eigenvalue weighted by Crippen LogP contribution is 2.15. The van der Waals surface area contributed by atoms with E-state index in [1.54, 1.807) is 0 Å². The van der Waals surface area contributed by atoms with Gasteiger partial charge in [0.2, 0.25) is 0 Å². The Bertz CT molecular complexity index is 594. The molecule has 0 aliphatic heterocycles. The second-order valence-corrected chi connectivity index (χ2v) is 5.53. The standard InChI is InChI=1S/C18H22N2O2/c1-14(2)20(3)13-15-9-11-17(12-10-15)22-18(21)19-16-7-5-4-6-8-16/h4-12,14H,13H2,1-3H3,(H,19,21). The minimum Gasteiger partial charge on any atom is -0.410 e. The van der Waals surface area contributed by atoms with Crippen molar-refractivity contribution >= 4 is 11.8 Å². The summed E-state index contributed by atoms with van der Waals surface area (Å²) in [6, 6.07) is 17.3.